The molecule has 2 rings (SSSR count). The van der Waals surface area contributed by atoms with E-state index in [9.17, 15) is 0 Å². The maximum Gasteiger partial charge on any atom is 0.124 e. The summed E-state index contributed by atoms with van der Waals surface area (Å²) in [6.45, 7) is 5.17. The van der Waals surface area contributed by atoms with Gasteiger partial charge in [-0.1, -0.05) is 0 Å². The van der Waals surface area contributed by atoms with Gasteiger partial charge < -0.3 is 19.2 Å². The number of imidazole rings is 1. The fourth-order valence-corrected chi connectivity index (χ4v) is 2.42. The summed E-state index contributed by atoms with van der Waals surface area (Å²) in [7, 11) is 5.09. The average Bonchev–Trinajstić information content (AvgIpc) is 2.97. The second-order valence-electron chi connectivity index (χ2n) is 5.20. The predicted octanol–water partition coefficient (Wildman–Crippen LogP) is 2.23. The molecule has 0 aliphatic rings. The van der Waals surface area contributed by atoms with Crippen molar-refractivity contribution >= 4 is 11.0 Å². The minimum absolute atomic E-state index is 0.156. The molecule has 0 spiro atoms. The molecule has 0 aliphatic heterocycles. The molecule has 122 valence electrons. The van der Waals surface area contributed by atoms with Crippen molar-refractivity contribution in [2.45, 2.75) is 13.0 Å². The summed E-state index contributed by atoms with van der Waals surface area (Å²) < 4.78 is 15.7. The van der Waals surface area contributed by atoms with E-state index in [1.807, 2.05) is 18.2 Å². The largest absolute Gasteiger partial charge is 0.497 e. The van der Waals surface area contributed by atoms with E-state index in [1.165, 1.54) is 0 Å². The minimum Gasteiger partial charge on any atom is -0.497 e. The van der Waals surface area contributed by atoms with E-state index in [4.69, 9.17) is 19.2 Å². The quantitative estimate of drug-likeness (QED) is 0.770. The van der Waals surface area contributed by atoms with Crippen LogP contribution in [-0.2, 0) is 9.47 Å². The molecule has 1 heterocycles. The van der Waals surface area contributed by atoms with Crippen LogP contribution in [0.4, 0.5) is 0 Å². The SMILES string of the molecule is COCCN(CCOC)C(C)c1nc2ccc(OC)cc2[nH]1. The lowest BCUT2D eigenvalue weighted by Gasteiger charge is -2.27. The molecule has 1 atom stereocenters. The van der Waals surface area contributed by atoms with Crippen molar-refractivity contribution in [2.75, 3.05) is 47.6 Å². The molecule has 0 aliphatic carbocycles. The lowest BCUT2D eigenvalue weighted by Crippen LogP contribution is -2.33. The van der Waals surface area contributed by atoms with Crippen LogP contribution < -0.4 is 4.74 Å². The zero-order valence-corrected chi connectivity index (χ0v) is 13.8. The Balaban J connectivity index is 2.19. The van der Waals surface area contributed by atoms with Crippen LogP contribution in [0.25, 0.3) is 11.0 Å². The number of ether oxygens (including phenoxy) is 3. The number of hydrogen-bond acceptors (Lipinski definition) is 5. The van der Waals surface area contributed by atoms with Gasteiger partial charge in [0.1, 0.15) is 11.6 Å². The summed E-state index contributed by atoms with van der Waals surface area (Å²) in [5, 5.41) is 0. The number of aromatic nitrogens is 2. The first-order chi connectivity index (χ1) is 10.7. The van der Waals surface area contributed by atoms with Crippen molar-refractivity contribution in [1.29, 1.82) is 0 Å². The van der Waals surface area contributed by atoms with Gasteiger partial charge >= 0.3 is 0 Å². The van der Waals surface area contributed by atoms with E-state index >= 15 is 0 Å². The van der Waals surface area contributed by atoms with Gasteiger partial charge in [-0.25, -0.2) is 4.98 Å². The monoisotopic (exact) mass is 307 g/mol. The fraction of sp³-hybridized carbons (Fsp3) is 0.562. The average molecular weight is 307 g/mol. The number of nitrogens with one attached hydrogen (secondary N) is 1. The molecule has 0 amide bonds. The van der Waals surface area contributed by atoms with Gasteiger partial charge in [-0.15, -0.1) is 0 Å². The highest BCUT2D eigenvalue weighted by Crippen LogP contribution is 2.23. The smallest absolute Gasteiger partial charge is 0.124 e. The first-order valence-corrected chi connectivity index (χ1v) is 7.45. The Morgan fingerprint density at radius 2 is 1.82 bits per heavy atom. The van der Waals surface area contributed by atoms with Crippen molar-refractivity contribution < 1.29 is 14.2 Å². The number of aromatic amines is 1. The lowest BCUT2D eigenvalue weighted by atomic mass is 10.2. The van der Waals surface area contributed by atoms with Crippen LogP contribution in [0.5, 0.6) is 5.75 Å². The van der Waals surface area contributed by atoms with Crippen molar-refractivity contribution in [3.8, 4) is 5.75 Å². The maximum atomic E-state index is 5.25. The van der Waals surface area contributed by atoms with Crippen molar-refractivity contribution in [3.63, 3.8) is 0 Å². The summed E-state index contributed by atoms with van der Waals surface area (Å²) >= 11 is 0. The number of benzene rings is 1. The Morgan fingerprint density at radius 3 is 2.41 bits per heavy atom. The van der Waals surface area contributed by atoms with E-state index in [-0.39, 0.29) is 6.04 Å². The Kier molecular flexibility index (Phi) is 6.18. The summed E-state index contributed by atoms with van der Waals surface area (Å²) in [6, 6.07) is 6.01. The normalized spacial score (nSPS) is 13.0. The summed E-state index contributed by atoms with van der Waals surface area (Å²) in [5.41, 5.74) is 1.93. The molecule has 2 aromatic rings. The number of H-pyrrole nitrogens is 1. The van der Waals surface area contributed by atoms with E-state index < -0.39 is 0 Å². The van der Waals surface area contributed by atoms with Crippen molar-refractivity contribution in [2.24, 2.45) is 0 Å². The van der Waals surface area contributed by atoms with Crippen LogP contribution in [0, 0.1) is 0 Å². The van der Waals surface area contributed by atoms with E-state index in [0.29, 0.717) is 13.2 Å². The van der Waals surface area contributed by atoms with Gasteiger partial charge in [0.2, 0.25) is 0 Å². The lowest BCUT2D eigenvalue weighted by molar-refractivity contribution is 0.0899. The second kappa shape index (κ2) is 8.12. The van der Waals surface area contributed by atoms with Crippen molar-refractivity contribution in [1.82, 2.24) is 14.9 Å². The van der Waals surface area contributed by atoms with Crippen LogP contribution >= 0.6 is 0 Å². The molecule has 1 aromatic carbocycles. The molecule has 22 heavy (non-hydrogen) atoms. The molecule has 6 nitrogen and oxygen atoms in total. The Labute approximate surface area is 131 Å². The van der Waals surface area contributed by atoms with E-state index in [1.54, 1.807) is 21.3 Å². The highest BCUT2D eigenvalue weighted by Gasteiger charge is 2.18. The number of rotatable bonds is 9. The number of methoxy groups -OCH3 is 3. The first kappa shape index (κ1) is 16.7. The third-order valence-electron chi connectivity index (χ3n) is 3.82. The summed E-state index contributed by atoms with van der Waals surface area (Å²) in [4.78, 5) is 10.4. The molecule has 0 bridgehead atoms. The Hall–Kier alpha value is -1.63. The van der Waals surface area contributed by atoms with Crippen LogP contribution in [0.15, 0.2) is 18.2 Å². The van der Waals surface area contributed by atoms with Crippen LogP contribution in [0.2, 0.25) is 0 Å². The first-order valence-electron chi connectivity index (χ1n) is 7.45. The third kappa shape index (κ3) is 3.97. The van der Waals surface area contributed by atoms with E-state index in [2.05, 4.69) is 16.8 Å². The zero-order valence-electron chi connectivity index (χ0n) is 13.8. The van der Waals surface area contributed by atoms with Gasteiger partial charge in [-0.3, -0.25) is 4.90 Å². The predicted molar refractivity (Wildman–Crippen MR) is 86.4 cm³/mol. The van der Waals surface area contributed by atoms with Gasteiger partial charge in [0.25, 0.3) is 0 Å². The molecule has 1 aromatic heterocycles. The highest BCUT2D eigenvalue weighted by atomic mass is 16.5. The fourth-order valence-electron chi connectivity index (χ4n) is 2.42. The van der Waals surface area contributed by atoms with Gasteiger partial charge in [0.05, 0.1) is 37.4 Å². The molecule has 6 heteroatoms. The number of fused-ring (bicyclic) bond motifs is 1. The van der Waals surface area contributed by atoms with Crippen molar-refractivity contribution in [3.05, 3.63) is 24.0 Å². The van der Waals surface area contributed by atoms with Gasteiger partial charge in [0, 0.05) is 33.4 Å². The van der Waals surface area contributed by atoms with Crippen LogP contribution in [0.3, 0.4) is 0 Å². The highest BCUT2D eigenvalue weighted by molar-refractivity contribution is 5.76. The summed E-state index contributed by atoms with van der Waals surface area (Å²) in [6.07, 6.45) is 0. The molecule has 0 radical (unpaired) electrons. The van der Waals surface area contributed by atoms with Crippen LogP contribution in [-0.4, -0.2) is 62.5 Å². The Morgan fingerprint density at radius 1 is 1.14 bits per heavy atom. The molecule has 1 N–H and O–H groups in total. The topological polar surface area (TPSA) is 59.6 Å². The summed E-state index contributed by atoms with van der Waals surface area (Å²) in [5.74, 6) is 1.77. The second-order valence-corrected chi connectivity index (χ2v) is 5.20. The van der Waals surface area contributed by atoms with Gasteiger partial charge in [-0.05, 0) is 19.1 Å². The molecular formula is C16H25N3O3. The standard InChI is InChI=1S/C16H25N3O3/c1-12(19(7-9-20-2)8-10-21-3)16-17-14-6-5-13(22-4)11-15(14)18-16/h5-6,11-12H,7-10H2,1-4H3,(H,17,18). The molecular weight excluding hydrogens is 282 g/mol. The van der Waals surface area contributed by atoms with Crippen LogP contribution in [0.1, 0.15) is 18.8 Å². The zero-order chi connectivity index (χ0) is 15.9. The molecule has 0 fully saturated rings. The maximum absolute atomic E-state index is 5.25. The van der Waals surface area contributed by atoms with Gasteiger partial charge in [0.15, 0.2) is 0 Å². The number of hydrogen-bond donors (Lipinski definition) is 1. The third-order valence-corrected chi connectivity index (χ3v) is 3.82. The van der Waals surface area contributed by atoms with Gasteiger partial charge in [-0.2, -0.15) is 0 Å². The molecule has 1 unspecified atom stereocenters. The van der Waals surface area contributed by atoms with E-state index in [0.717, 1.165) is 35.7 Å². The Bertz CT molecular complexity index is 577. The minimum atomic E-state index is 0.156. The molecule has 0 saturated carbocycles. The molecule has 0 saturated heterocycles. The number of nitrogens with zero attached hydrogens (tertiary/aromatic N) is 2.